The molecule has 2 aromatic heterocycles. The highest BCUT2D eigenvalue weighted by atomic mass is 35.5. The minimum absolute atomic E-state index is 0.142. The molecule has 120 valence electrons. The number of hydrogen-bond acceptors (Lipinski definition) is 5. The van der Waals surface area contributed by atoms with E-state index in [-0.39, 0.29) is 5.91 Å². The summed E-state index contributed by atoms with van der Waals surface area (Å²) in [6, 6.07) is 7.37. The molecule has 0 bridgehead atoms. The van der Waals surface area contributed by atoms with Crippen molar-refractivity contribution < 1.29 is 9.32 Å². The number of benzene rings is 1. The Labute approximate surface area is 143 Å². The minimum Gasteiger partial charge on any atom is -0.356 e. The van der Waals surface area contributed by atoms with Gasteiger partial charge in [0.2, 0.25) is 0 Å². The standard InChI is InChI=1S/C17H13ClN4O2/c18-12-3-1-11(2-4-12)16-13-10-22(8-5-14(13)21-24-16)17(23)15-9-19-6-7-20-15/h1-4,6-7,9H,5,8,10H2. The van der Waals surface area contributed by atoms with Gasteiger partial charge in [0.15, 0.2) is 5.76 Å². The molecule has 0 fully saturated rings. The highest BCUT2D eigenvalue weighted by Gasteiger charge is 2.28. The van der Waals surface area contributed by atoms with Crippen LogP contribution >= 0.6 is 11.6 Å². The molecule has 1 aliphatic rings. The number of amides is 1. The number of fused-ring (bicyclic) bond motifs is 1. The zero-order chi connectivity index (χ0) is 16.5. The number of hydrogen-bond donors (Lipinski definition) is 0. The Bertz CT molecular complexity index is 877. The van der Waals surface area contributed by atoms with E-state index in [1.54, 1.807) is 23.2 Å². The first kappa shape index (κ1) is 14.8. The van der Waals surface area contributed by atoms with Crippen LogP contribution in [0.3, 0.4) is 0 Å². The molecule has 0 spiro atoms. The van der Waals surface area contributed by atoms with E-state index in [2.05, 4.69) is 15.1 Å². The van der Waals surface area contributed by atoms with Crippen LogP contribution in [0, 0.1) is 0 Å². The second kappa shape index (κ2) is 6.05. The lowest BCUT2D eigenvalue weighted by Gasteiger charge is -2.25. The van der Waals surface area contributed by atoms with Crippen LogP contribution in [0.25, 0.3) is 11.3 Å². The number of carbonyl (C=O) groups excluding carboxylic acids is 1. The molecule has 1 amide bonds. The molecule has 3 heterocycles. The van der Waals surface area contributed by atoms with Crippen molar-refractivity contribution in [3.8, 4) is 11.3 Å². The zero-order valence-electron chi connectivity index (χ0n) is 12.6. The topological polar surface area (TPSA) is 72.1 Å². The molecule has 0 radical (unpaired) electrons. The Kier molecular flexibility index (Phi) is 3.74. The van der Waals surface area contributed by atoms with E-state index >= 15 is 0 Å². The molecule has 0 N–H and O–H groups in total. The van der Waals surface area contributed by atoms with E-state index in [0.717, 1.165) is 16.8 Å². The molecule has 0 unspecified atom stereocenters. The first-order valence-corrected chi connectivity index (χ1v) is 7.89. The van der Waals surface area contributed by atoms with Gasteiger partial charge in [0.1, 0.15) is 5.69 Å². The number of rotatable bonds is 2. The zero-order valence-corrected chi connectivity index (χ0v) is 13.4. The summed E-state index contributed by atoms with van der Waals surface area (Å²) < 4.78 is 5.52. The SMILES string of the molecule is O=C(c1cnccn1)N1CCc2noc(-c3ccc(Cl)cc3)c2C1. The van der Waals surface area contributed by atoms with Gasteiger partial charge >= 0.3 is 0 Å². The summed E-state index contributed by atoms with van der Waals surface area (Å²) in [7, 11) is 0. The van der Waals surface area contributed by atoms with Crippen LogP contribution in [-0.2, 0) is 13.0 Å². The third-order valence-corrected chi connectivity index (χ3v) is 4.26. The van der Waals surface area contributed by atoms with Gasteiger partial charge in [0.05, 0.1) is 18.4 Å². The van der Waals surface area contributed by atoms with Crippen molar-refractivity contribution in [2.24, 2.45) is 0 Å². The number of nitrogens with zero attached hydrogens (tertiary/aromatic N) is 4. The Morgan fingerprint density at radius 1 is 1.21 bits per heavy atom. The Balaban J connectivity index is 1.64. The lowest BCUT2D eigenvalue weighted by atomic mass is 10.0. The van der Waals surface area contributed by atoms with Gasteiger partial charge in [-0.25, -0.2) is 4.98 Å². The van der Waals surface area contributed by atoms with E-state index in [4.69, 9.17) is 16.1 Å². The monoisotopic (exact) mass is 340 g/mol. The molecular weight excluding hydrogens is 328 g/mol. The maximum atomic E-state index is 12.6. The second-order valence-electron chi connectivity index (χ2n) is 5.51. The van der Waals surface area contributed by atoms with Crippen molar-refractivity contribution in [2.75, 3.05) is 6.54 Å². The molecule has 1 aromatic carbocycles. The van der Waals surface area contributed by atoms with E-state index in [9.17, 15) is 4.79 Å². The fourth-order valence-corrected chi connectivity index (χ4v) is 2.91. The summed E-state index contributed by atoms with van der Waals surface area (Å²) in [4.78, 5) is 22.4. The summed E-state index contributed by atoms with van der Waals surface area (Å²) in [5.41, 5.74) is 3.05. The summed E-state index contributed by atoms with van der Waals surface area (Å²) in [5.74, 6) is 0.537. The van der Waals surface area contributed by atoms with Gasteiger partial charge in [-0.15, -0.1) is 0 Å². The van der Waals surface area contributed by atoms with Gasteiger partial charge in [0.25, 0.3) is 5.91 Å². The molecule has 24 heavy (non-hydrogen) atoms. The lowest BCUT2D eigenvalue weighted by Crippen LogP contribution is -2.36. The molecule has 1 aliphatic heterocycles. The van der Waals surface area contributed by atoms with Crippen LogP contribution in [0.4, 0.5) is 0 Å². The molecule has 6 nitrogen and oxygen atoms in total. The van der Waals surface area contributed by atoms with Crippen molar-refractivity contribution in [1.82, 2.24) is 20.0 Å². The molecule has 0 atom stereocenters. The van der Waals surface area contributed by atoms with E-state index in [1.807, 2.05) is 12.1 Å². The Morgan fingerprint density at radius 2 is 2.04 bits per heavy atom. The lowest BCUT2D eigenvalue weighted by molar-refractivity contribution is 0.0728. The summed E-state index contributed by atoms with van der Waals surface area (Å²) in [5, 5.41) is 4.81. The van der Waals surface area contributed by atoms with Crippen molar-refractivity contribution in [1.29, 1.82) is 0 Å². The van der Waals surface area contributed by atoms with E-state index in [1.165, 1.54) is 12.4 Å². The molecule has 3 aromatic rings. The Morgan fingerprint density at radius 3 is 2.79 bits per heavy atom. The van der Waals surface area contributed by atoms with Crippen LogP contribution < -0.4 is 0 Å². The van der Waals surface area contributed by atoms with Gasteiger partial charge in [0, 0.05) is 41.5 Å². The maximum absolute atomic E-state index is 12.6. The van der Waals surface area contributed by atoms with Crippen molar-refractivity contribution in [3.05, 3.63) is 64.8 Å². The minimum atomic E-state index is -0.142. The van der Waals surface area contributed by atoms with E-state index < -0.39 is 0 Å². The third-order valence-electron chi connectivity index (χ3n) is 4.01. The number of halogens is 1. The summed E-state index contributed by atoms with van der Waals surface area (Å²) in [6.07, 6.45) is 5.19. The van der Waals surface area contributed by atoms with Gasteiger partial charge < -0.3 is 9.42 Å². The number of aromatic nitrogens is 3. The normalized spacial score (nSPS) is 13.6. The van der Waals surface area contributed by atoms with Crippen molar-refractivity contribution >= 4 is 17.5 Å². The second-order valence-corrected chi connectivity index (χ2v) is 5.95. The molecule has 7 heteroatoms. The molecule has 0 saturated heterocycles. The average Bonchev–Trinajstić information content (AvgIpc) is 3.05. The van der Waals surface area contributed by atoms with Gasteiger partial charge in [-0.2, -0.15) is 0 Å². The molecule has 4 rings (SSSR count). The van der Waals surface area contributed by atoms with Crippen LogP contribution in [0.5, 0.6) is 0 Å². The maximum Gasteiger partial charge on any atom is 0.274 e. The van der Waals surface area contributed by atoms with Crippen LogP contribution in [0.1, 0.15) is 21.7 Å². The summed E-state index contributed by atoms with van der Waals surface area (Å²) in [6.45, 7) is 1.02. The molecular formula is C17H13ClN4O2. The largest absolute Gasteiger partial charge is 0.356 e. The predicted molar refractivity (Wildman–Crippen MR) is 87.4 cm³/mol. The van der Waals surface area contributed by atoms with Gasteiger partial charge in [-0.05, 0) is 24.3 Å². The molecule has 0 saturated carbocycles. The van der Waals surface area contributed by atoms with Crippen LogP contribution in [0.2, 0.25) is 5.02 Å². The quantitative estimate of drug-likeness (QED) is 0.717. The Hall–Kier alpha value is -2.73. The highest BCUT2D eigenvalue weighted by molar-refractivity contribution is 6.30. The summed E-state index contributed by atoms with van der Waals surface area (Å²) >= 11 is 5.94. The number of carbonyl (C=O) groups is 1. The van der Waals surface area contributed by atoms with Crippen LogP contribution in [-0.4, -0.2) is 32.5 Å². The highest BCUT2D eigenvalue weighted by Crippen LogP contribution is 2.31. The third kappa shape index (κ3) is 2.65. The first-order valence-electron chi connectivity index (χ1n) is 7.51. The predicted octanol–water partition coefficient (Wildman–Crippen LogP) is 2.98. The smallest absolute Gasteiger partial charge is 0.274 e. The van der Waals surface area contributed by atoms with Crippen LogP contribution in [0.15, 0.2) is 47.4 Å². The van der Waals surface area contributed by atoms with Gasteiger partial charge in [-0.1, -0.05) is 16.8 Å². The van der Waals surface area contributed by atoms with E-state index in [0.29, 0.717) is 36.0 Å². The van der Waals surface area contributed by atoms with Crippen molar-refractivity contribution in [2.45, 2.75) is 13.0 Å². The average molecular weight is 341 g/mol. The molecule has 0 aliphatic carbocycles. The fourth-order valence-electron chi connectivity index (χ4n) is 2.79. The first-order chi connectivity index (χ1) is 11.7. The van der Waals surface area contributed by atoms with Crippen molar-refractivity contribution in [3.63, 3.8) is 0 Å². The van der Waals surface area contributed by atoms with Gasteiger partial charge in [-0.3, -0.25) is 9.78 Å². The fraction of sp³-hybridized carbons (Fsp3) is 0.176.